The summed E-state index contributed by atoms with van der Waals surface area (Å²) in [6, 6.07) is 8.58. The van der Waals surface area contributed by atoms with E-state index in [1.807, 2.05) is 0 Å². The Kier molecular flexibility index (Phi) is 6.47. The standard InChI is InChI=1S/C18H24Si/c1-5-6-7-10-17-12-14-18(15-13-17)11-8-9-16-19(2,3)4/h12-15H,5-7,10H2,1-4H3. The second-order valence-electron chi connectivity index (χ2n) is 5.90. The van der Waals surface area contributed by atoms with Gasteiger partial charge in [-0.15, -0.1) is 5.54 Å². The Labute approximate surface area is 119 Å². The molecule has 0 N–H and O–H groups in total. The topological polar surface area (TPSA) is 0 Å². The van der Waals surface area contributed by atoms with E-state index in [2.05, 4.69) is 74.1 Å². The van der Waals surface area contributed by atoms with Gasteiger partial charge in [-0.3, -0.25) is 0 Å². The molecule has 0 aromatic heterocycles. The van der Waals surface area contributed by atoms with Gasteiger partial charge in [0.25, 0.3) is 0 Å². The van der Waals surface area contributed by atoms with Crippen molar-refractivity contribution in [1.29, 1.82) is 0 Å². The second-order valence-corrected chi connectivity index (χ2v) is 10.7. The highest BCUT2D eigenvalue weighted by atomic mass is 28.3. The molecule has 0 aliphatic rings. The molecule has 0 aliphatic carbocycles. The third-order valence-corrected chi connectivity index (χ3v) is 3.60. The SMILES string of the molecule is CCCCCc1ccc(C#CC#C[Si](C)(C)C)cc1. The average Bonchev–Trinajstić information content (AvgIpc) is 2.36. The Morgan fingerprint density at radius 2 is 1.63 bits per heavy atom. The molecule has 19 heavy (non-hydrogen) atoms. The smallest absolute Gasteiger partial charge is 0.118 e. The molecule has 0 heterocycles. The van der Waals surface area contributed by atoms with E-state index in [4.69, 9.17) is 0 Å². The molecule has 0 bridgehead atoms. The van der Waals surface area contributed by atoms with Gasteiger partial charge in [0.05, 0.1) is 0 Å². The molecule has 0 amide bonds. The molecular formula is C18H24Si. The lowest BCUT2D eigenvalue weighted by atomic mass is 10.1. The van der Waals surface area contributed by atoms with Gasteiger partial charge in [0.1, 0.15) is 8.07 Å². The van der Waals surface area contributed by atoms with E-state index in [0.29, 0.717) is 0 Å². The van der Waals surface area contributed by atoms with E-state index >= 15 is 0 Å². The van der Waals surface area contributed by atoms with Crippen LogP contribution in [0.4, 0.5) is 0 Å². The summed E-state index contributed by atoms with van der Waals surface area (Å²) in [5.41, 5.74) is 5.72. The fraction of sp³-hybridized carbons (Fsp3) is 0.444. The van der Waals surface area contributed by atoms with E-state index in [9.17, 15) is 0 Å². The maximum Gasteiger partial charge on any atom is 0.130 e. The number of hydrogen-bond donors (Lipinski definition) is 0. The molecule has 0 spiro atoms. The van der Waals surface area contributed by atoms with Crippen molar-refractivity contribution in [3.63, 3.8) is 0 Å². The molecule has 0 saturated carbocycles. The molecule has 0 fully saturated rings. The number of rotatable bonds is 4. The van der Waals surface area contributed by atoms with Crippen LogP contribution < -0.4 is 0 Å². The maximum absolute atomic E-state index is 3.25. The van der Waals surface area contributed by atoms with E-state index in [1.54, 1.807) is 0 Å². The van der Waals surface area contributed by atoms with Crippen molar-refractivity contribution in [1.82, 2.24) is 0 Å². The fourth-order valence-electron chi connectivity index (χ4n) is 1.66. The fourth-order valence-corrected chi connectivity index (χ4v) is 2.09. The summed E-state index contributed by atoms with van der Waals surface area (Å²) >= 11 is 0. The summed E-state index contributed by atoms with van der Waals surface area (Å²) in [5, 5.41) is 0. The minimum atomic E-state index is -1.29. The van der Waals surface area contributed by atoms with Gasteiger partial charge >= 0.3 is 0 Å². The molecule has 0 radical (unpaired) electrons. The van der Waals surface area contributed by atoms with Crippen LogP contribution in [0, 0.1) is 23.3 Å². The number of hydrogen-bond acceptors (Lipinski definition) is 0. The monoisotopic (exact) mass is 268 g/mol. The first kappa shape index (κ1) is 15.6. The minimum absolute atomic E-state index is 1.06. The third-order valence-electron chi connectivity index (χ3n) is 2.73. The van der Waals surface area contributed by atoms with Crippen LogP contribution in [0.2, 0.25) is 19.6 Å². The predicted octanol–water partition coefficient (Wildman–Crippen LogP) is 4.65. The normalized spacial score (nSPS) is 10.1. The number of benzene rings is 1. The minimum Gasteiger partial charge on any atom is -0.118 e. The van der Waals surface area contributed by atoms with Crippen LogP contribution >= 0.6 is 0 Å². The first-order valence-electron chi connectivity index (χ1n) is 7.13. The molecule has 0 aliphatic heterocycles. The molecular weight excluding hydrogens is 244 g/mol. The molecule has 1 rings (SSSR count). The highest BCUT2D eigenvalue weighted by molar-refractivity contribution is 6.83. The van der Waals surface area contributed by atoms with Crippen molar-refractivity contribution in [3.05, 3.63) is 35.4 Å². The van der Waals surface area contributed by atoms with Crippen LogP contribution in [-0.4, -0.2) is 8.07 Å². The zero-order chi connectivity index (χ0) is 14.1. The molecule has 1 aromatic carbocycles. The van der Waals surface area contributed by atoms with Gasteiger partial charge in [-0.05, 0) is 42.4 Å². The van der Waals surface area contributed by atoms with Gasteiger partial charge in [-0.1, -0.05) is 57.5 Å². The van der Waals surface area contributed by atoms with Crippen molar-refractivity contribution in [2.24, 2.45) is 0 Å². The largest absolute Gasteiger partial charge is 0.130 e. The van der Waals surface area contributed by atoms with Crippen LogP contribution in [0.1, 0.15) is 37.3 Å². The third kappa shape index (κ3) is 7.55. The lowest BCUT2D eigenvalue weighted by molar-refractivity contribution is 0.717. The Morgan fingerprint density at radius 1 is 0.947 bits per heavy atom. The lowest BCUT2D eigenvalue weighted by Crippen LogP contribution is -2.16. The van der Waals surface area contributed by atoms with E-state index < -0.39 is 8.07 Å². The van der Waals surface area contributed by atoms with Crippen molar-refractivity contribution in [2.75, 3.05) is 0 Å². The van der Waals surface area contributed by atoms with E-state index in [0.717, 1.165) is 5.56 Å². The van der Waals surface area contributed by atoms with Crippen molar-refractivity contribution < 1.29 is 0 Å². The van der Waals surface area contributed by atoms with Crippen LogP contribution in [0.25, 0.3) is 0 Å². The Morgan fingerprint density at radius 3 is 2.21 bits per heavy atom. The lowest BCUT2D eigenvalue weighted by Gasteiger charge is -2.01. The highest BCUT2D eigenvalue weighted by Gasteiger charge is 2.06. The summed E-state index contributed by atoms with van der Waals surface area (Å²) in [7, 11) is -1.29. The summed E-state index contributed by atoms with van der Waals surface area (Å²) in [6.45, 7) is 8.92. The van der Waals surface area contributed by atoms with Crippen LogP contribution in [-0.2, 0) is 6.42 Å². The molecule has 0 unspecified atom stereocenters. The van der Waals surface area contributed by atoms with E-state index in [-0.39, 0.29) is 0 Å². The Hall–Kier alpha value is -1.44. The van der Waals surface area contributed by atoms with Gasteiger partial charge in [0, 0.05) is 5.56 Å². The first-order valence-corrected chi connectivity index (χ1v) is 10.6. The average molecular weight is 268 g/mol. The van der Waals surface area contributed by atoms with Crippen molar-refractivity contribution >= 4 is 8.07 Å². The molecule has 1 heteroatoms. The number of aryl methyl sites for hydroxylation is 1. The predicted molar refractivity (Wildman–Crippen MR) is 87.7 cm³/mol. The van der Waals surface area contributed by atoms with Crippen LogP contribution in [0.3, 0.4) is 0 Å². The van der Waals surface area contributed by atoms with Crippen LogP contribution in [0.5, 0.6) is 0 Å². The quantitative estimate of drug-likeness (QED) is 0.423. The Bertz CT molecular complexity index is 495. The molecule has 1 aromatic rings. The molecule has 0 atom stereocenters. The van der Waals surface area contributed by atoms with E-state index in [1.165, 1.54) is 31.2 Å². The number of unbranched alkanes of at least 4 members (excludes halogenated alkanes) is 2. The summed E-state index contributed by atoms with van der Waals surface area (Å²) < 4.78 is 0. The molecule has 100 valence electrons. The van der Waals surface area contributed by atoms with Gasteiger partial charge in [0.2, 0.25) is 0 Å². The summed E-state index contributed by atoms with van der Waals surface area (Å²) in [4.78, 5) is 0. The summed E-state index contributed by atoms with van der Waals surface area (Å²) in [5.74, 6) is 9.04. The van der Waals surface area contributed by atoms with Crippen molar-refractivity contribution in [2.45, 2.75) is 52.2 Å². The highest BCUT2D eigenvalue weighted by Crippen LogP contribution is 2.08. The second kappa shape index (κ2) is 7.88. The van der Waals surface area contributed by atoms with Crippen LogP contribution in [0.15, 0.2) is 24.3 Å². The van der Waals surface area contributed by atoms with Crippen molar-refractivity contribution in [3.8, 4) is 23.3 Å². The van der Waals surface area contributed by atoms with Gasteiger partial charge in [-0.25, -0.2) is 0 Å². The summed E-state index contributed by atoms with van der Waals surface area (Å²) in [6.07, 6.45) is 5.05. The maximum atomic E-state index is 3.25. The zero-order valence-electron chi connectivity index (χ0n) is 12.6. The zero-order valence-corrected chi connectivity index (χ0v) is 13.6. The van der Waals surface area contributed by atoms with Gasteiger partial charge in [-0.2, -0.15) is 0 Å². The van der Waals surface area contributed by atoms with Gasteiger partial charge in [0.15, 0.2) is 0 Å². The molecule has 0 nitrogen and oxygen atoms in total. The van der Waals surface area contributed by atoms with Gasteiger partial charge < -0.3 is 0 Å². The first-order chi connectivity index (χ1) is 9.01. The molecule has 0 saturated heterocycles. The Balaban J connectivity index is 2.57.